The van der Waals surface area contributed by atoms with Crippen LogP contribution in [0, 0.1) is 0 Å². The number of hydrogen-bond donors (Lipinski definition) is 0. The summed E-state index contributed by atoms with van der Waals surface area (Å²) in [6.45, 7) is 3.60. The Bertz CT molecular complexity index is 435. The van der Waals surface area contributed by atoms with Crippen LogP contribution in [0.2, 0.25) is 0 Å². The molecule has 0 unspecified atom stereocenters. The maximum Gasteiger partial charge on any atom is 0.416 e. The number of carbonyl (C=O) groups is 1. The van der Waals surface area contributed by atoms with E-state index in [2.05, 4.69) is 6.58 Å². The number of benzene rings is 1. The van der Waals surface area contributed by atoms with E-state index in [1.54, 1.807) is 0 Å². The van der Waals surface area contributed by atoms with Crippen LogP contribution in [0.3, 0.4) is 0 Å². The van der Waals surface area contributed by atoms with Gasteiger partial charge in [0, 0.05) is 12.0 Å². The molecule has 1 nitrogen and oxygen atoms in total. The number of carbonyl (C=O) groups excluding carboxylic acids is 1. The summed E-state index contributed by atoms with van der Waals surface area (Å²) in [4.78, 5) is 11.8. The molecule has 0 N–H and O–H groups in total. The van der Waals surface area contributed by atoms with E-state index in [1.165, 1.54) is 12.1 Å². The van der Waals surface area contributed by atoms with E-state index in [4.69, 9.17) is 0 Å². The molecule has 4 heteroatoms. The molecule has 0 heterocycles. The minimum atomic E-state index is -4.40. The molecule has 1 aromatic rings. The highest BCUT2D eigenvalue weighted by atomic mass is 19.4. The highest BCUT2D eigenvalue weighted by Crippen LogP contribution is 2.29. The van der Waals surface area contributed by atoms with Crippen molar-refractivity contribution in [3.8, 4) is 0 Å². The SMILES string of the molecule is C=CCCCCCC(=O)c1cccc(C(F)(F)F)c1. The van der Waals surface area contributed by atoms with Gasteiger partial charge < -0.3 is 0 Å². The number of rotatable bonds is 7. The largest absolute Gasteiger partial charge is 0.416 e. The fourth-order valence-corrected chi connectivity index (χ4v) is 1.76. The molecule has 104 valence electrons. The summed E-state index contributed by atoms with van der Waals surface area (Å²) < 4.78 is 37.5. The predicted octanol–water partition coefficient (Wildman–Crippen LogP) is 5.02. The molecule has 1 aromatic carbocycles. The highest BCUT2D eigenvalue weighted by Gasteiger charge is 2.30. The van der Waals surface area contributed by atoms with Crippen molar-refractivity contribution in [3.05, 3.63) is 48.0 Å². The normalized spacial score (nSPS) is 11.3. The number of Topliss-reactive ketones (excluding diaryl/α,β-unsaturated/α-hetero) is 1. The molecule has 0 aromatic heterocycles. The molecule has 0 radical (unpaired) electrons. The van der Waals surface area contributed by atoms with Crippen LogP contribution >= 0.6 is 0 Å². The number of hydrogen-bond acceptors (Lipinski definition) is 1. The first kappa shape index (κ1) is 15.5. The first-order valence-electron chi connectivity index (χ1n) is 6.26. The molecule has 0 aliphatic rings. The van der Waals surface area contributed by atoms with Crippen LogP contribution in [0.4, 0.5) is 13.2 Å². The van der Waals surface area contributed by atoms with Crippen molar-refractivity contribution >= 4 is 5.78 Å². The Labute approximate surface area is 111 Å². The van der Waals surface area contributed by atoms with Gasteiger partial charge in [-0.3, -0.25) is 4.79 Å². The summed E-state index contributed by atoms with van der Waals surface area (Å²) in [6.07, 6.45) is 1.14. The third-order valence-corrected chi connectivity index (χ3v) is 2.82. The maximum absolute atomic E-state index is 12.5. The van der Waals surface area contributed by atoms with Crippen molar-refractivity contribution in [1.82, 2.24) is 0 Å². The Morgan fingerprint density at radius 1 is 1.21 bits per heavy atom. The van der Waals surface area contributed by atoms with Gasteiger partial charge >= 0.3 is 6.18 Å². The first-order valence-corrected chi connectivity index (χ1v) is 6.26. The van der Waals surface area contributed by atoms with Gasteiger partial charge in [-0.15, -0.1) is 6.58 Å². The fraction of sp³-hybridized carbons (Fsp3) is 0.400. The molecule has 0 aliphatic heterocycles. The number of unbranched alkanes of at least 4 members (excludes halogenated alkanes) is 3. The molecule has 19 heavy (non-hydrogen) atoms. The second-order valence-electron chi connectivity index (χ2n) is 4.39. The van der Waals surface area contributed by atoms with Crippen LogP contribution < -0.4 is 0 Å². The Hall–Kier alpha value is -1.58. The Morgan fingerprint density at radius 3 is 2.58 bits per heavy atom. The molecular weight excluding hydrogens is 253 g/mol. The van der Waals surface area contributed by atoms with E-state index in [1.807, 2.05) is 6.08 Å². The molecule has 0 saturated heterocycles. The second kappa shape index (κ2) is 7.12. The summed E-state index contributed by atoms with van der Waals surface area (Å²) in [6, 6.07) is 4.60. The third kappa shape index (κ3) is 5.28. The van der Waals surface area contributed by atoms with Crippen LogP contribution in [0.5, 0.6) is 0 Å². The molecule has 0 spiro atoms. The van der Waals surface area contributed by atoms with Gasteiger partial charge in [-0.2, -0.15) is 13.2 Å². The van der Waals surface area contributed by atoms with Crippen LogP contribution in [-0.2, 0) is 6.18 Å². The van der Waals surface area contributed by atoms with Gasteiger partial charge in [-0.1, -0.05) is 24.6 Å². The van der Waals surface area contributed by atoms with E-state index in [9.17, 15) is 18.0 Å². The molecule has 0 atom stereocenters. The quantitative estimate of drug-likeness (QED) is 0.386. The van der Waals surface area contributed by atoms with Gasteiger partial charge in [0.05, 0.1) is 5.56 Å². The van der Waals surface area contributed by atoms with E-state index >= 15 is 0 Å². The first-order chi connectivity index (χ1) is 8.95. The topological polar surface area (TPSA) is 17.1 Å². The zero-order chi connectivity index (χ0) is 14.3. The summed E-state index contributed by atoms with van der Waals surface area (Å²) >= 11 is 0. The van der Waals surface area contributed by atoms with Gasteiger partial charge in [0.15, 0.2) is 5.78 Å². The zero-order valence-corrected chi connectivity index (χ0v) is 10.7. The Morgan fingerprint density at radius 2 is 1.95 bits per heavy atom. The summed E-state index contributed by atoms with van der Waals surface area (Å²) in [5.74, 6) is -0.232. The average Bonchev–Trinajstić information content (AvgIpc) is 2.37. The van der Waals surface area contributed by atoms with E-state index in [0.29, 0.717) is 12.8 Å². The van der Waals surface area contributed by atoms with Gasteiger partial charge in [0.25, 0.3) is 0 Å². The molecule has 0 amide bonds. The van der Waals surface area contributed by atoms with Gasteiger partial charge in [0.2, 0.25) is 0 Å². The standard InChI is InChI=1S/C15H17F3O/c1-2-3-4-5-6-10-14(19)12-8-7-9-13(11-12)15(16,17)18/h2,7-9,11H,1,3-6,10H2. The van der Waals surface area contributed by atoms with Crippen molar-refractivity contribution in [2.24, 2.45) is 0 Å². The van der Waals surface area contributed by atoms with Crippen molar-refractivity contribution in [2.45, 2.75) is 38.3 Å². The van der Waals surface area contributed by atoms with Crippen LogP contribution in [0.1, 0.15) is 48.0 Å². The molecule has 0 fully saturated rings. The number of ketones is 1. The van der Waals surface area contributed by atoms with E-state index in [-0.39, 0.29) is 11.3 Å². The summed E-state index contributed by atoms with van der Waals surface area (Å²) in [5, 5.41) is 0. The van der Waals surface area contributed by atoms with Crippen LogP contribution in [-0.4, -0.2) is 5.78 Å². The maximum atomic E-state index is 12.5. The minimum Gasteiger partial charge on any atom is -0.294 e. The Balaban J connectivity index is 2.55. The van der Waals surface area contributed by atoms with Gasteiger partial charge in [-0.25, -0.2) is 0 Å². The second-order valence-corrected chi connectivity index (χ2v) is 4.39. The minimum absolute atomic E-state index is 0.138. The van der Waals surface area contributed by atoms with E-state index < -0.39 is 11.7 Å². The lowest BCUT2D eigenvalue weighted by atomic mass is 10.0. The lowest BCUT2D eigenvalue weighted by molar-refractivity contribution is -0.137. The van der Waals surface area contributed by atoms with Crippen LogP contribution in [0.15, 0.2) is 36.9 Å². The monoisotopic (exact) mass is 270 g/mol. The smallest absolute Gasteiger partial charge is 0.294 e. The Kier molecular flexibility index (Phi) is 5.80. The molecule has 0 saturated carbocycles. The number of alkyl halides is 3. The van der Waals surface area contributed by atoms with Gasteiger partial charge in [-0.05, 0) is 31.4 Å². The lowest BCUT2D eigenvalue weighted by Crippen LogP contribution is -2.07. The van der Waals surface area contributed by atoms with Crippen LogP contribution in [0.25, 0.3) is 0 Å². The van der Waals surface area contributed by atoms with Crippen molar-refractivity contribution in [1.29, 1.82) is 0 Å². The zero-order valence-electron chi connectivity index (χ0n) is 10.7. The molecular formula is C15H17F3O. The average molecular weight is 270 g/mol. The molecule has 0 aliphatic carbocycles. The highest BCUT2D eigenvalue weighted by molar-refractivity contribution is 5.96. The van der Waals surface area contributed by atoms with Gasteiger partial charge in [0.1, 0.15) is 0 Å². The predicted molar refractivity (Wildman–Crippen MR) is 69.1 cm³/mol. The van der Waals surface area contributed by atoms with Crippen molar-refractivity contribution < 1.29 is 18.0 Å². The number of allylic oxidation sites excluding steroid dienone is 1. The number of halogens is 3. The molecule has 1 rings (SSSR count). The molecule has 0 bridgehead atoms. The van der Waals surface area contributed by atoms with Crippen molar-refractivity contribution in [3.63, 3.8) is 0 Å². The fourth-order valence-electron chi connectivity index (χ4n) is 1.76. The van der Waals surface area contributed by atoms with E-state index in [0.717, 1.165) is 31.4 Å². The summed E-state index contributed by atoms with van der Waals surface area (Å²) in [5.41, 5.74) is -0.636. The lowest BCUT2D eigenvalue weighted by Gasteiger charge is -2.08. The van der Waals surface area contributed by atoms with Crippen molar-refractivity contribution in [2.75, 3.05) is 0 Å². The summed E-state index contributed by atoms with van der Waals surface area (Å²) in [7, 11) is 0. The third-order valence-electron chi connectivity index (χ3n) is 2.82.